The minimum absolute atomic E-state index is 0.116. The zero-order valence-electron chi connectivity index (χ0n) is 9.93. The molecule has 1 fully saturated rings. The van der Waals surface area contributed by atoms with Crippen LogP contribution in [0.5, 0.6) is 0 Å². The molecule has 6 heteroatoms. The zero-order chi connectivity index (χ0) is 13.3. The molecule has 5 nitrogen and oxygen atoms in total. The molecule has 2 rings (SSSR count). The molecule has 0 radical (unpaired) electrons. The van der Waals surface area contributed by atoms with Gasteiger partial charge in [-0.25, -0.2) is 0 Å². The number of carbonyl (C=O) groups excluding carboxylic acids is 1. The summed E-state index contributed by atoms with van der Waals surface area (Å²) in [5, 5.41) is 11.0. The summed E-state index contributed by atoms with van der Waals surface area (Å²) in [5.74, 6) is -0.228. The van der Waals surface area contributed by atoms with Crippen molar-refractivity contribution in [2.45, 2.75) is 25.8 Å². The van der Waals surface area contributed by atoms with Gasteiger partial charge in [-0.2, -0.15) is 0 Å². The summed E-state index contributed by atoms with van der Waals surface area (Å²) in [6.07, 6.45) is 1.98. The molecule has 0 unspecified atom stereocenters. The summed E-state index contributed by atoms with van der Waals surface area (Å²) in [4.78, 5) is 24.2. The van der Waals surface area contributed by atoms with Gasteiger partial charge >= 0.3 is 0 Å². The fraction of sp³-hybridized carbons (Fsp3) is 0.417. The molecule has 0 saturated heterocycles. The van der Waals surface area contributed by atoms with Gasteiger partial charge in [0.05, 0.1) is 15.5 Å². The molecule has 0 aromatic heterocycles. The normalized spacial score (nSPS) is 14.3. The number of amides is 1. The molecule has 1 aliphatic rings. The Balaban J connectivity index is 2.33. The molecule has 1 saturated carbocycles. The SMILES string of the molecule is CCN(C(=O)c1cc([N+](=O)[O-])ccc1Cl)C1CC1. The van der Waals surface area contributed by atoms with Crippen molar-refractivity contribution in [1.82, 2.24) is 4.90 Å². The lowest BCUT2D eigenvalue weighted by Crippen LogP contribution is -2.33. The Labute approximate surface area is 109 Å². The van der Waals surface area contributed by atoms with Crippen LogP contribution in [-0.4, -0.2) is 28.3 Å². The fourth-order valence-corrected chi connectivity index (χ4v) is 2.10. The highest BCUT2D eigenvalue weighted by molar-refractivity contribution is 6.33. The predicted molar refractivity (Wildman–Crippen MR) is 67.8 cm³/mol. The van der Waals surface area contributed by atoms with Crippen molar-refractivity contribution in [2.75, 3.05) is 6.54 Å². The third-order valence-corrected chi connectivity index (χ3v) is 3.31. The zero-order valence-corrected chi connectivity index (χ0v) is 10.7. The number of carbonyl (C=O) groups is 1. The molecule has 18 heavy (non-hydrogen) atoms. The van der Waals surface area contributed by atoms with Gasteiger partial charge in [-0.05, 0) is 25.8 Å². The highest BCUT2D eigenvalue weighted by atomic mass is 35.5. The van der Waals surface area contributed by atoms with E-state index in [9.17, 15) is 14.9 Å². The van der Waals surface area contributed by atoms with E-state index in [0.717, 1.165) is 12.8 Å². The van der Waals surface area contributed by atoms with Crippen LogP contribution in [0.25, 0.3) is 0 Å². The Morgan fingerprint density at radius 2 is 2.22 bits per heavy atom. The van der Waals surface area contributed by atoms with Crippen LogP contribution >= 0.6 is 11.6 Å². The quantitative estimate of drug-likeness (QED) is 0.623. The van der Waals surface area contributed by atoms with Gasteiger partial charge in [-0.1, -0.05) is 11.6 Å². The Morgan fingerprint density at radius 1 is 1.56 bits per heavy atom. The first-order valence-electron chi connectivity index (χ1n) is 5.79. The average Bonchev–Trinajstić information content (AvgIpc) is 3.14. The number of nitro benzene ring substituents is 1. The van der Waals surface area contributed by atoms with Crippen LogP contribution < -0.4 is 0 Å². The number of hydrogen-bond acceptors (Lipinski definition) is 3. The lowest BCUT2D eigenvalue weighted by Gasteiger charge is -2.20. The number of nitrogens with zero attached hydrogens (tertiary/aromatic N) is 2. The number of benzene rings is 1. The second-order valence-electron chi connectivity index (χ2n) is 4.24. The van der Waals surface area contributed by atoms with Crippen LogP contribution in [0.15, 0.2) is 18.2 Å². The topological polar surface area (TPSA) is 63.5 Å². The monoisotopic (exact) mass is 268 g/mol. The standard InChI is InChI=1S/C12H13ClN2O3/c1-2-14(8-3-4-8)12(16)10-7-9(15(17)18)5-6-11(10)13/h5-8H,2-4H2,1H3. The van der Waals surface area contributed by atoms with Crippen molar-refractivity contribution < 1.29 is 9.72 Å². The van der Waals surface area contributed by atoms with Crippen LogP contribution in [0.1, 0.15) is 30.1 Å². The van der Waals surface area contributed by atoms with E-state index in [4.69, 9.17) is 11.6 Å². The summed E-state index contributed by atoms with van der Waals surface area (Å²) in [6.45, 7) is 2.48. The van der Waals surface area contributed by atoms with Gasteiger partial charge in [0.15, 0.2) is 0 Å². The van der Waals surface area contributed by atoms with Crippen molar-refractivity contribution in [1.29, 1.82) is 0 Å². The van der Waals surface area contributed by atoms with E-state index < -0.39 is 4.92 Å². The molecule has 0 atom stereocenters. The van der Waals surface area contributed by atoms with E-state index in [1.807, 2.05) is 6.92 Å². The number of nitro groups is 1. The van der Waals surface area contributed by atoms with E-state index in [1.54, 1.807) is 4.90 Å². The molecule has 0 aliphatic heterocycles. The molecule has 0 bridgehead atoms. The van der Waals surface area contributed by atoms with Gasteiger partial charge in [0.2, 0.25) is 0 Å². The molecule has 1 aromatic carbocycles. The predicted octanol–water partition coefficient (Wildman–Crippen LogP) is 2.87. The van der Waals surface area contributed by atoms with Gasteiger partial charge in [-0.15, -0.1) is 0 Å². The van der Waals surface area contributed by atoms with E-state index in [0.29, 0.717) is 6.54 Å². The fourth-order valence-electron chi connectivity index (χ4n) is 1.90. The number of hydrogen-bond donors (Lipinski definition) is 0. The summed E-state index contributed by atoms with van der Waals surface area (Å²) in [5.41, 5.74) is 0.0919. The van der Waals surface area contributed by atoms with E-state index in [2.05, 4.69) is 0 Å². The van der Waals surface area contributed by atoms with Gasteiger partial charge in [0.1, 0.15) is 0 Å². The van der Waals surface area contributed by atoms with Gasteiger partial charge in [-0.3, -0.25) is 14.9 Å². The van der Waals surface area contributed by atoms with Crippen molar-refractivity contribution in [3.8, 4) is 0 Å². The first-order chi connectivity index (χ1) is 8.54. The minimum atomic E-state index is -0.527. The molecule has 1 amide bonds. The van der Waals surface area contributed by atoms with Gasteiger partial charge in [0, 0.05) is 24.7 Å². The van der Waals surface area contributed by atoms with Crippen LogP contribution in [0.4, 0.5) is 5.69 Å². The van der Waals surface area contributed by atoms with Crippen LogP contribution in [0.3, 0.4) is 0 Å². The summed E-state index contributed by atoms with van der Waals surface area (Å²) in [7, 11) is 0. The summed E-state index contributed by atoms with van der Waals surface area (Å²) in [6, 6.07) is 4.20. The van der Waals surface area contributed by atoms with E-state index in [-0.39, 0.29) is 28.2 Å². The Hall–Kier alpha value is -1.62. The summed E-state index contributed by atoms with van der Waals surface area (Å²) < 4.78 is 0. The Morgan fingerprint density at radius 3 is 2.72 bits per heavy atom. The average molecular weight is 269 g/mol. The molecule has 0 N–H and O–H groups in total. The molecule has 0 heterocycles. The lowest BCUT2D eigenvalue weighted by atomic mass is 10.1. The second kappa shape index (κ2) is 4.94. The molecule has 1 aliphatic carbocycles. The highest BCUT2D eigenvalue weighted by Gasteiger charge is 2.33. The maximum atomic E-state index is 12.3. The Kier molecular flexibility index (Phi) is 3.52. The maximum Gasteiger partial charge on any atom is 0.270 e. The molecular weight excluding hydrogens is 256 g/mol. The third-order valence-electron chi connectivity index (χ3n) is 2.98. The highest BCUT2D eigenvalue weighted by Crippen LogP contribution is 2.30. The largest absolute Gasteiger partial charge is 0.336 e. The van der Waals surface area contributed by atoms with Crippen molar-refractivity contribution >= 4 is 23.2 Å². The maximum absolute atomic E-state index is 12.3. The van der Waals surface area contributed by atoms with Crippen molar-refractivity contribution in [3.63, 3.8) is 0 Å². The number of non-ortho nitro benzene ring substituents is 1. The van der Waals surface area contributed by atoms with Crippen LogP contribution in [0.2, 0.25) is 5.02 Å². The number of rotatable bonds is 4. The lowest BCUT2D eigenvalue weighted by molar-refractivity contribution is -0.384. The smallest absolute Gasteiger partial charge is 0.270 e. The molecular formula is C12H13ClN2O3. The Bertz CT molecular complexity index is 500. The number of halogens is 1. The second-order valence-corrected chi connectivity index (χ2v) is 4.65. The molecule has 0 spiro atoms. The van der Waals surface area contributed by atoms with Crippen LogP contribution in [0, 0.1) is 10.1 Å². The first kappa shape index (κ1) is 12.8. The van der Waals surface area contributed by atoms with Gasteiger partial charge in [0.25, 0.3) is 11.6 Å². The van der Waals surface area contributed by atoms with E-state index in [1.165, 1.54) is 18.2 Å². The van der Waals surface area contributed by atoms with E-state index >= 15 is 0 Å². The van der Waals surface area contributed by atoms with Crippen LogP contribution in [-0.2, 0) is 0 Å². The van der Waals surface area contributed by atoms with Crippen molar-refractivity contribution in [2.24, 2.45) is 0 Å². The molecule has 96 valence electrons. The van der Waals surface area contributed by atoms with Gasteiger partial charge < -0.3 is 4.90 Å². The third kappa shape index (κ3) is 2.46. The minimum Gasteiger partial charge on any atom is -0.336 e. The summed E-state index contributed by atoms with van der Waals surface area (Å²) >= 11 is 5.95. The first-order valence-corrected chi connectivity index (χ1v) is 6.17. The molecule has 1 aromatic rings. The van der Waals surface area contributed by atoms with Crippen molar-refractivity contribution in [3.05, 3.63) is 38.9 Å².